The molecular weight excluding hydrogens is 458 g/mol. The largest absolute Gasteiger partial charge is 0.467 e. The maximum absolute atomic E-state index is 13.9. The first-order chi connectivity index (χ1) is 17.6. The van der Waals surface area contributed by atoms with Crippen molar-refractivity contribution in [2.45, 2.75) is 32.5 Å². The summed E-state index contributed by atoms with van der Waals surface area (Å²) < 4.78 is 12.5. The van der Waals surface area contributed by atoms with E-state index in [1.165, 1.54) is 15.8 Å². The van der Waals surface area contributed by atoms with Crippen LogP contribution < -0.4 is 10.2 Å². The number of carbonyl (C=O) groups is 2. The molecule has 9 heteroatoms. The molecule has 0 aliphatic rings. The molecule has 3 aromatic heterocycles. The van der Waals surface area contributed by atoms with Crippen LogP contribution in [0.15, 0.2) is 94.2 Å². The molecule has 0 aliphatic carbocycles. The average molecular weight is 484 g/mol. The number of amides is 2. The molecule has 0 aliphatic heterocycles. The molecule has 0 radical (unpaired) electrons. The summed E-state index contributed by atoms with van der Waals surface area (Å²) in [5, 5.41) is 11.2. The summed E-state index contributed by atoms with van der Waals surface area (Å²) in [5.41, 5.74) is 3.09. The predicted molar refractivity (Wildman–Crippen MR) is 133 cm³/mol. The first kappa shape index (κ1) is 23.1. The maximum Gasteiger partial charge on any atom is 0.251 e. The fourth-order valence-electron chi connectivity index (χ4n) is 4.07. The summed E-state index contributed by atoms with van der Waals surface area (Å²) >= 11 is 0. The first-order valence-electron chi connectivity index (χ1n) is 11.7. The van der Waals surface area contributed by atoms with Crippen molar-refractivity contribution >= 4 is 28.5 Å². The van der Waals surface area contributed by atoms with Gasteiger partial charge in [0.1, 0.15) is 23.6 Å². The number of hydrogen-bond acceptors (Lipinski definition) is 6. The molecule has 5 aromatic rings. The van der Waals surface area contributed by atoms with Crippen LogP contribution in [0.3, 0.4) is 0 Å². The Morgan fingerprint density at radius 3 is 2.47 bits per heavy atom. The molecule has 5 rings (SSSR count). The summed E-state index contributed by atoms with van der Waals surface area (Å²) in [7, 11) is 0. The summed E-state index contributed by atoms with van der Waals surface area (Å²) in [6, 6.07) is 20.8. The molecule has 0 unspecified atom stereocenters. The molecule has 3 heterocycles. The van der Waals surface area contributed by atoms with Gasteiger partial charge in [-0.3, -0.25) is 14.5 Å². The fourth-order valence-corrected chi connectivity index (χ4v) is 4.07. The molecule has 1 N–H and O–H groups in total. The topological polar surface area (TPSA) is 106 Å². The summed E-state index contributed by atoms with van der Waals surface area (Å²) in [4.78, 5) is 28.9. The van der Waals surface area contributed by atoms with E-state index in [2.05, 4.69) is 22.6 Å². The number of nitrogens with one attached hydrogen (secondary N) is 1. The van der Waals surface area contributed by atoms with Gasteiger partial charge in [0.25, 0.3) is 5.91 Å². The number of rotatable bonds is 9. The van der Waals surface area contributed by atoms with Crippen LogP contribution >= 0.6 is 0 Å². The Bertz CT molecular complexity index is 1440. The molecule has 0 spiro atoms. The van der Waals surface area contributed by atoms with Gasteiger partial charge in [0, 0.05) is 5.69 Å². The Hall–Kier alpha value is -4.66. The molecule has 0 bridgehead atoms. The van der Waals surface area contributed by atoms with Gasteiger partial charge in [-0.1, -0.05) is 36.4 Å². The van der Waals surface area contributed by atoms with Gasteiger partial charge in [-0.05, 0) is 60.5 Å². The van der Waals surface area contributed by atoms with Gasteiger partial charge in [-0.2, -0.15) is 0 Å². The lowest BCUT2D eigenvalue weighted by atomic mass is 10.1. The van der Waals surface area contributed by atoms with Crippen LogP contribution in [0, 0.1) is 0 Å². The van der Waals surface area contributed by atoms with E-state index in [1.807, 2.05) is 48.5 Å². The molecule has 182 valence electrons. The normalized spacial score (nSPS) is 11.9. The standard InChI is InChI=1S/C27H25N5O4/c1-2-19-11-13-20(14-12-19)32(25(33)18-31-23-9-4-3-8-22(23)29-30-31)26(24-10-6-16-36-24)27(34)28-17-21-7-5-15-35-21/h3-16,26H,2,17-18H2,1H3,(H,28,34)/t26-/m1/s1. The van der Waals surface area contributed by atoms with Crippen molar-refractivity contribution < 1.29 is 18.4 Å². The number of aryl methyl sites for hydroxylation is 1. The van der Waals surface area contributed by atoms with E-state index >= 15 is 0 Å². The number of fused-ring (bicyclic) bond motifs is 1. The van der Waals surface area contributed by atoms with E-state index in [9.17, 15) is 9.59 Å². The number of aromatic nitrogens is 3. The lowest BCUT2D eigenvalue weighted by Crippen LogP contribution is -2.45. The second-order valence-corrected chi connectivity index (χ2v) is 8.23. The molecule has 36 heavy (non-hydrogen) atoms. The molecule has 2 aromatic carbocycles. The second kappa shape index (κ2) is 10.3. The minimum Gasteiger partial charge on any atom is -0.467 e. The van der Waals surface area contributed by atoms with Crippen LogP contribution in [0.4, 0.5) is 5.69 Å². The van der Waals surface area contributed by atoms with Crippen molar-refractivity contribution in [2.75, 3.05) is 4.90 Å². The highest BCUT2D eigenvalue weighted by Crippen LogP contribution is 2.29. The number of benzene rings is 2. The van der Waals surface area contributed by atoms with Gasteiger partial charge in [0.15, 0.2) is 6.04 Å². The van der Waals surface area contributed by atoms with Gasteiger partial charge in [0.05, 0.1) is 24.6 Å². The molecule has 0 saturated carbocycles. The van der Waals surface area contributed by atoms with Crippen LogP contribution in [0.1, 0.15) is 30.0 Å². The van der Waals surface area contributed by atoms with Crippen LogP contribution in [0.5, 0.6) is 0 Å². The quantitative estimate of drug-likeness (QED) is 0.336. The Morgan fingerprint density at radius 1 is 0.972 bits per heavy atom. The lowest BCUT2D eigenvalue weighted by molar-refractivity contribution is -0.127. The number of anilines is 1. The van der Waals surface area contributed by atoms with E-state index in [1.54, 1.807) is 30.5 Å². The SMILES string of the molecule is CCc1ccc(N(C(=O)Cn2nnc3ccccc32)[C@@H](C(=O)NCc2ccco2)c2ccco2)cc1. The van der Waals surface area contributed by atoms with Crippen molar-refractivity contribution in [3.05, 3.63) is 102 Å². The van der Waals surface area contributed by atoms with Gasteiger partial charge >= 0.3 is 0 Å². The monoisotopic (exact) mass is 483 g/mol. The maximum atomic E-state index is 13.9. The number of para-hydroxylation sites is 1. The van der Waals surface area contributed by atoms with Crippen molar-refractivity contribution in [1.29, 1.82) is 0 Å². The zero-order valence-corrected chi connectivity index (χ0v) is 19.7. The van der Waals surface area contributed by atoms with Crippen LogP contribution in [-0.2, 0) is 29.1 Å². The number of hydrogen-bond donors (Lipinski definition) is 1. The van der Waals surface area contributed by atoms with Gasteiger partial charge in [-0.15, -0.1) is 5.10 Å². The smallest absolute Gasteiger partial charge is 0.251 e. The fraction of sp³-hybridized carbons (Fsp3) is 0.185. The second-order valence-electron chi connectivity index (χ2n) is 8.23. The first-order valence-corrected chi connectivity index (χ1v) is 11.7. The molecule has 2 amide bonds. The molecule has 0 saturated heterocycles. The van der Waals surface area contributed by atoms with Crippen LogP contribution in [-0.4, -0.2) is 26.8 Å². The van der Waals surface area contributed by atoms with E-state index in [0.717, 1.165) is 17.5 Å². The Labute approximate surface area is 207 Å². The van der Waals surface area contributed by atoms with Gasteiger partial charge in [-0.25, -0.2) is 4.68 Å². The molecule has 1 atom stereocenters. The van der Waals surface area contributed by atoms with Crippen LogP contribution in [0.2, 0.25) is 0 Å². The van der Waals surface area contributed by atoms with E-state index in [0.29, 0.717) is 22.7 Å². The number of nitrogens with zero attached hydrogens (tertiary/aromatic N) is 4. The van der Waals surface area contributed by atoms with Crippen molar-refractivity contribution in [3.8, 4) is 0 Å². The van der Waals surface area contributed by atoms with Crippen molar-refractivity contribution in [3.63, 3.8) is 0 Å². The molecule has 9 nitrogen and oxygen atoms in total. The zero-order chi connectivity index (χ0) is 24.9. The molecular formula is C27H25N5O4. The van der Waals surface area contributed by atoms with Crippen LogP contribution in [0.25, 0.3) is 11.0 Å². The highest BCUT2D eigenvalue weighted by atomic mass is 16.3. The number of furan rings is 2. The number of carbonyl (C=O) groups excluding carboxylic acids is 2. The lowest BCUT2D eigenvalue weighted by Gasteiger charge is -2.30. The third-order valence-corrected chi connectivity index (χ3v) is 5.93. The summed E-state index contributed by atoms with van der Waals surface area (Å²) in [6.07, 6.45) is 3.87. The van der Waals surface area contributed by atoms with Crippen molar-refractivity contribution in [2.24, 2.45) is 0 Å². The highest BCUT2D eigenvalue weighted by molar-refractivity contribution is 6.01. The Morgan fingerprint density at radius 2 is 1.75 bits per heavy atom. The average Bonchev–Trinajstić information content (AvgIpc) is 3.69. The minimum absolute atomic E-state index is 0.112. The van der Waals surface area contributed by atoms with E-state index < -0.39 is 11.9 Å². The third-order valence-electron chi connectivity index (χ3n) is 5.93. The minimum atomic E-state index is -1.05. The highest BCUT2D eigenvalue weighted by Gasteiger charge is 2.35. The van der Waals surface area contributed by atoms with E-state index in [4.69, 9.17) is 8.83 Å². The Kier molecular flexibility index (Phi) is 6.61. The van der Waals surface area contributed by atoms with E-state index in [-0.39, 0.29) is 19.0 Å². The zero-order valence-electron chi connectivity index (χ0n) is 19.7. The van der Waals surface area contributed by atoms with Gasteiger partial charge < -0.3 is 14.2 Å². The predicted octanol–water partition coefficient (Wildman–Crippen LogP) is 4.27. The molecule has 0 fully saturated rings. The summed E-state index contributed by atoms with van der Waals surface area (Å²) in [5.74, 6) is 0.186. The third kappa shape index (κ3) is 4.76. The Balaban J connectivity index is 1.52. The van der Waals surface area contributed by atoms with Crippen molar-refractivity contribution in [1.82, 2.24) is 20.3 Å². The summed E-state index contributed by atoms with van der Waals surface area (Å²) in [6.45, 7) is 2.12. The van der Waals surface area contributed by atoms with Gasteiger partial charge in [0.2, 0.25) is 5.91 Å².